The summed E-state index contributed by atoms with van der Waals surface area (Å²) < 4.78 is 10.9. The lowest BCUT2D eigenvalue weighted by atomic mass is 10.1. The van der Waals surface area contributed by atoms with Crippen LogP contribution in [0.15, 0.2) is 18.2 Å². The molecule has 0 aliphatic heterocycles. The number of unbranched alkanes of at least 4 members (excludes halogenated alkanes) is 1. The maximum atomic E-state index is 9.10. The Morgan fingerprint density at radius 1 is 1.04 bits per heavy atom. The second-order valence-corrected chi connectivity index (χ2v) is 5.85. The molecule has 0 heterocycles. The van der Waals surface area contributed by atoms with Gasteiger partial charge in [0.15, 0.2) is 11.5 Å². The number of hydrogen-bond donors (Lipinski definition) is 3. The van der Waals surface area contributed by atoms with Crippen molar-refractivity contribution in [2.75, 3.05) is 40.4 Å². The third kappa shape index (κ3) is 10.4. The second kappa shape index (κ2) is 14.8. The fourth-order valence-electron chi connectivity index (χ4n) is 2.56. The molecule has 0 spiro atoms. The van der Waals surface area contributed by atoms with Crippen LogP contribution in [0.4, 0.5) is 0 Å². The van der Waals surface area contributed by atoms with Crippen molar-refractivity contribution in [1.82, 2.24) is 4.90 Å². The lowest BCUT2D eigenvalue weighted by molar-refractivity contribution is -0.159. The molecule has 0 fully saturated rings. The third-order valence-corrected chi connectivity index (χ3v) is 3.83. The van der Waals surface area contributed by atoms with Crippen LogP contribution in [0, 0.1) is 0 Å². The minimum atomic E-state index is -1.82. The Balaban J connectivity index is 0.000000972. The van der Waals surface area contributed by atoms with Gasteiger partial charge in [0, 0.05) is 6.54 Å². The largest absolute Gasteiger partial charge is 0.493 e. The first-order valence-electron chi connectivity index (χ1n) is 8.99. The SMILES string of the molecule is CCCN(CCCCN)CCc1cccc(OC)c1OC.O=C(O)C(=O)O. The van der Waals surface area contributed by atoms with Gasteiger partial charge in [0.25, 0.3) is 0 Å². The number of carboxylic acid groups (broad SMARTS) is 2. The predicted octanol–water partition coefficient (Wildman–Crippen LogP) is 1.85. The Morgan fingerprint density at radius 3 is 2.19 bits per heavy atom. The Kier molecular flexibility index (Phi) is 13.5. The summed E-state index contributed by atoms with van der Waals surface area (Å²) in [5, 5.41) is 14.8. The van der Waals surface area contributed by atoms with Gasteiger partial charge in [-0.25, -0.2) is 9.59 Å². The highest BCUT2D eigenvalue weighted by Gasteiger charge is 2.11. The van der Waals surface area contributed by atoms with Crippen molar-refractivity contribution >= 4 is 11.9 Å². The zero-order chi connectivity index (χ0) is 20.7. The van der Waals surface area contributed by atoms with Crippen molar-refractivity contribution in [2.45, 2.75) is 32.6 Å². The molecule has 0 saturated carbocycles. The van der Waals surface area contributed by atoms with Crippen LogP contribution >= 0.6 is 0 Å². The summed E-state index contributed by atoms with van der Waals surface area (Å²) >= 11 is 0. The number of rotatable bonds is 11. The van der Waals surface area contributed by atoms with Crippen LogP contribution in [0.2, 0.25) is 0 Å². The Morgan fingerprint density at radius 2 is 1.70 bits per heavy atom. The monoisotopic (exact) mass is 384 g/mol. The quantitative estimate of drug-likeness (QED) is 0.390. The first-order chi connectivity index (χ1) is 12.9. The number of nitrogens with two attached hydrogens (primary N) is 1. The fourth-order valence-corrected chi connectivity index (χ4v) is 2.56. The smallest absolute Gasteiger partial charge is 0.414 e. The average molecular weight is 384 g/mol. The van der Waals surface area contributed by atoms with Gasteiger partial charge in [0.1, 0.15) is 0 Å². The molecule has 27 heavy (non-hydrogen) atoms. The highest BCUT2D eigenvalue weighted by molar-refractivity contribution is 6.27. The van der Waals surface area contributed by atoms with E-state index in [9.17, 15) is 0 Å². The standard InChI is InChI=1S/C17H30N2O2.C2H2O4/c1-4-12-19(13-6-5-11-18)14-10-15-8-7-9-16(20-2)17(15)21-3;3-1(4)2(5)6/h7-9H,4-6,10-14,18H2,1-3H3;(H,3,4)(H,5,6). The molecule has 0 bridgehead atoms. The normalized spacial score (nSPS) is 10.1. The average Bonchev–Trinajstić information content (AvgIpc) is 2.66. The van der Waals surface area contributed by atoms with Crippen molar-refractivity contribution in [1.29, 1.82) is 0 Å². The maximum absolute atomic E-state index is 9.10. The molecule has 1 aromatic rings. The van der Waals surface area contributed by atoms with Gasteiger partial charge >= 0.3 is 11.9 Å². The highest BCUT2D eigenvalue weighted by Crippen LogP contribution is 2.31. The van der Waals surface area contributed by atoms with Crippen molar-refractivity contribution in [3.63, 3.8) is 0 Å². The minimum absolute atomic E-state index is 0.781. The Bertz CT molecular complexity index is 553. The third-order valence-electron chi connectivity index (χ3n) is 3.83. The predicted molar refractivity (Wildman–Crippen MR) is 104 cm³/mol. The summed E-state index contributed by atoms with van der Waals surface area (Å²) in [5.41, 5.74) is 6.78. The van der Waals surface area contributed by atoms with E-state index in [0.717, 1.165) is 50.5 Å². The molecular weight excluding hydrogens is 352 g/mol. The summed E-state index contributed by atoms with van der Waals surface area (Å²) in [6.07, 6.45) is 4.43. The van der Waals surface area contributed by atoms with E-state index in [1.807, 2.05) is 12.1 Å². The van der Waals surface area contributed by atoms with Crippen LogP contribution in [-0.2, 0) is 16.0 Å². The van der Waals surface area contributed by atoms with Gasteiger partial charge < -0.3 is 30.3 Å². The first kappa shape index (κ1) is 24.7. The van der Waals surface area contributed by atoms with Gasteiger partial charge in [0.05, 0.1) is 14.2 Å². The van der Waals surface area contributed by atoms with Gasteiger partial charge in [-0.2, -0.15) is 0 Å². The number of carbonyl (C=O) groups is 2. The minimum Gasteiger partial charge on any atom is -0.493 e. The number of benzene rings is 1. The van der Waals surface area contributed by atoms with Gasteiger partial charge in [-0.15, -0.1) is 0 Å². The number of carboxylic acids is 2. The van der Waals surface area contributed by atoms with Gasteiger partial charge in [0.2, 0.25) is 0 Å². The molecule has 0 unspecified atom stereocenters. The van der Waals surface area contributed by atoms with Crippen LogP contribution in [0.3, 0.4) is 0 Å². The molecule has 8 heteroatoms. The molecule has 154 valence electrons. The van der Waals surface area contributed by atoms with Crippen molar-refractivity contribution in [3.8, 4) is 11.5 Å². The van der Waals surface area contributed by atoms with E-state index in [0.29, 0.717) is 0 Å². The van der Waals surface area contributed by atoms with Crippen LogP contribution in [0.1, 0.15) is 31.7 Å². The van der Waals surface area contributed by atoms with Crippen molar-refractivity contribution in [2.24, 2.45) is 5.73 Å². The summed E-state index contributed by atoms with van der Waals surface area (Å²) in [6, 6.07) is 6.08. The maximum Gasteiger partial charge on any atom is 0.414 e. The first-order valence-corrected chi connectivity index (χ1v) is 8.99. The summed E-state index contributed by atoms with van der Waals surface area (Å²) in [6.45, 7) is 6.31. The molecule has 0 radical (unpaired) electrons. The van der Waals surface area contributed by atoms with Crippen LogP contribution in [0.25, 0.3) is 0 Å². The number of para-hydroxylation sites is 1. The van der Waals surface area contributed by atoms with E-state index >= 15 is 0 Å². The summed E-state index contributed by atoms with van der Waals surface area (Å²) in [4.78, 5) is 20.7. The number of ether oxygens (including phenoxy) is 2. The van der Waals surface area contributed by atoms with Gasteiger partial charge in [-0.1, -0.05) is 19.1 Å². The molecule has 0 aliphatic rings. The summed E-state index contributed by atoms with van der Waals surface area (Å²) in [7, 11) is 3.38. The molecule has 8 nitrogen and oxygen atoms in total. The lowest BCUT2D eigenvalue weighted by Crippen LogP contribution is -2.28. The fraction of sp³-hybridized carbons (Fsp3) is 0.579. The van der Waals surface area contributed by atoms with Crippen LogP contribution in [-0.4, -0.2) is 67.5 Å². The van der Waals surface area contributed by atoms with Crippen molar-refractivity contribution < 1.29 is 29.3 Å². The number of methoxy groups -OCH3 is 2. The Labute approximate surface area is 160 Å². The zero-order valence-electron chi connectivity index (χ0n) is 16.4. The van der Waals surface area contributed by atoms with E-state index < -0.39 is 11.9 Å². The van der Waals surface area contributed by atoms with Gasteiger partial charge in [-0.3, -0.25) is 0 Å². The van der Waals surface area contributed by atoms with Crippen molar-refractivity contribution in [3.05, 3.63) is 23.8 Å². The molecule has 1 aromatic carbocycles. The van der Waals surface area contributed by atoms with Gasteiger partial charge in [-0.05, 0) is 56.9 Å². The number of aliphatic carboxylic acids is 2. The number of nitrogens with zero attached hydrogens (tertiary/aromatic N) is 1. The topological polar surface area (TPSA) is 122 Å². The highest BCUT2D eigenvalue weighted by atomic mass is 16.5. The zero-order valence-corrected chi connectivity index (χ0v) is 16.4. The molecule has 0 aromatic heterocycles. The molecule has 0 saturated heterocycles. The number of hydrogen-bond acceptors (Lipinski definition) is 6. The molecule has 0 atom stereocenters. The lowest BCUT2D eigenvalue weighted by Gasteiger charge is -2.22. The molecule has 0 amide bonds. The van der Waals surface area contributed by atoms with Crippen LogP contribution < -0.4 is 15.2 Å². The van der Waals surface area contributed by atoms with Crippen LogP contribution in [0.5, 0.6) is 11.5 Å². The van der Waals surface area contributed by atoms with E-state index in [1.165, 1.54) is 18.4 Å². The van der Waals surface area contributed by atoms with E-state index in [-0.39, 0.29) is 0 Å². The van der Waals surface area contributed by atoms with E-state index in [4.69, 9.17) is 35.0 Å². The molecule has 0 aliphatic carbocycles. The van der Waals surface area contributed by atoms with E-state index in [1.54, 1.807) is 14.2 Å². The molecule has 1 rings (SSSR count). The summed E-state index contributed by atoms with van der Waals surface area (Å²) in [5.74, 6) is -1.98. The van der Waals surface area contributed by atoms with E-state index in [2.05, 4.69) is 17.9 Å². The molecule has 4 N–H and O–H groups in total. The molecular formula is C19H32N2O6. The Hall–Kier alpha value is -2.32. The second-order valence-electron chi connectivity index (χ2n) is 5.85.